The zero-order valence-corrected chi connectivity index (χ0v) is 17.5. The summed E-state index contributed by atoms with van der Waals surface area (Å²) in [7, 11) is 0. The number of benzene rings is 1. The molecule has 28 heavy (non-hydrogen) atoms. The molecule has 0 aliphatic heterocycles. The maximum atomic E-state index is 14.6. The lowest BCUT2D eigenvalue weighted by Gasteiger charge is -2.35. The Hall–Kier alpha value is -0.960. The van der Waals surface area contributed by atoms with Gasteiger partial charge in [0.1, 0.15) is 12.3 Å². The van der Waals surface area contributed by atoms with E-state index in [0.29, 0.717) is 6.61 Å². The smallest absolute Gasteiger partial charge is 0.138 e. The van der Waals surface area contributed by atoms with Crippen molar-refractivity contribution in [1.82, 2.24) is 0 Å². The molecule has 0 radical (unpaired) electrons. The highest BCUT2D eigenvalue weighted by Gasteiger charge is 2.40. The Labute approximate surface area is 170 Å². The van der Waals surface area contributed by atoms with Crippen LogP contribution in [0.3, 0.4) is 0 Å². The van der Waals surface area contributed by atoms with Crippen LogP contribution in [0.5, 0.6) is 0 Å². The molecular formula is C25H40F2O. The molecule has 2 rings (SSSR count). The average Bonchev–Trinajstić information content (AvgIpc) is 2.72. The first kappa shape index (κ1) is 23.3. The predicted octanol–water partition coefficient (Wildman–Crippen LogP) is 7.53. The Morgan fingerprint density at radius 2 is 1.21 bits per heavy atom. The number of rotatable bonds is 14. The molecule has 0 bridgehead atoms. The third-order valence-corrected chi connectivity index (χ3v) is 6.45. The molecule has 1 nitrogen and oxygen atoms in total. The molecule has 0 saturated heterocycles. The van der Waals surface area contributed by atoms with E-state index in [4.69, 9.17) is 5.11 Å². The first-order valence-corrected chi connectivity index (χ1v) is 11.7. The summed E-state index contributed by atoms with van der Waals surface area (Å²) < 4.78 is 29.3. The number of unbranched alkanes of at least 4 members (excludes halogenated alkanes) is 10. The van der Waals surface area contributed by atoms with Gasteiger partial charge in [-0.2, -0.15) is 0 Å². The summed E-state index contributed by atoms with van der Waals surface area (Å²) in [6, 6.07) is 9.62. The van der Waals surface area contributed by atoms with Crippen LogP contribution >= 0.6 is 0 Å². The lowest BCUT2D eigenvalue weighted by Crippen LogP contribution is -2.36. The summed E-state index contributed by atoms with van der Waals surface area (Å²) in [5.74, 6) is -0.357. The summed E-state index contributed by atoms with van der Waals surface area (Å²) >= 11 is 0. The first-order chi connectivity index (χ1) is 13.7. The molecule has 1 saturated carbocycles. The van der Waals surface area contributed by atoms with Crippen molar-refractivity contribution in [1.29, 1.82) is 0 Å². The van der Waals surface area contributed by atoms with Crippen LogP contribution in [0.1, 0.15) is 101 Å². The van der Waals surface area contributed by atoms with Crippen molar-refractivity contribution >= 4 is 0 Å². The molecule has 1 aliphatic carbocycles. The van der Waals surface area contributed by atoms with Crippen LogP contribution in [-0.4, -0.2) is 24.1 Å². The Morgan fingerprint density at radius 1 is 0.679 bits per heavy atom. The van der Waals surface area contributed by atoms with E-state index in [1.807, 2.05) is 30.3 Å². The zero-order chi connectivity index (χ0) is 20.0. The van der Waals surface area contributed by atoms with Gasteiger partial charge < -0.3 is 5.11 Å². The van der Waals surface area contributed by atoms with Crippen LogP contribution in [0.2, 0.25) is 0 Å². The predicted molar refractivity (Wildman–Crippen MR) is 114 cm³/mol. The topological polar surface area (TPSA) is 20.2 Å². The number of alkyl halides is 2. The van der Waals surface area contributed by atoms with Gasteiger partial charge in [-0.25, -0.2) is 8.78 Å². The Morgan fingerprint density at radius 3 is 1.79 bits per heavy atom. The van der Waals surface area contributed by atoms with E-state index >= 15 is 0 Å². The van der Waals surface area contributed by atoms with E-state index in [-0.39, 0.29) is 11.8 Å². The van der Waals surface area contributed by atoms with Gasteiger partial charge in [-0.15, -0.1) is 0 Å². The first-order valence-electron chi connectivity index (χ1n) is 11.7. The van der Waals surface area contributed by atoms with E-state index in [1.54, 1.807) is 0 Å². The maximum absolute atomic E-state index is 14.6. The van der Waals surface area contributed by atoms with Crippen molar-refractivity contribution in [2.24, 2.45) is 5.92 Å². The molecule has 1 aromatic rings. The van der Waals surface area contributed by atoms with E-state index in [9.17, 15) is 8.78 Å². The summed E-state index contributed by atoms with van der Waals surface area (Å²) in [6.07, 6.45) is 13.0. The summed E-state index contributed by atoms with van der Waals surface area (Å²) in [6.45, 7) is 0.323. The Kier molecular flexibility index (Phi) is 11.7. The molecule has 1 N–H and O–H groups in total. The standard InChI is InChI=1S/C25H40F2O/c26-24-22(18-19-23(25(24)27)21-15-12-10-13-16-21)17-11-8-6-4-2-1-3-5-7-9-14-20-28/h10,12-13,15-16,22-25,28H,1-9,11,14,17-20H2. The van der Waals surface area contributed by atoms with Crippen molar-refractivity contribution in [2.75, 3.05) is 6.61 Å². The van der Waals surface area contributed by atoms with Gasteiger partial charge in [-0.3, -0.25) is 0 Å². The fourth-order valence-corrected chi connectivity index (χ4v) is 4.66. The van der Waals surface area contributed by atoms with E-state index < -0.39 is 12.3 Å². The molecule has 3 heteroatoms. The van der Waals surface area contributed by atoms with Crippen molar-refractivity contribution in [3.63, 3.8) is 0 Å². The second kappa shape index (κ2) is 14.1. The SMILES string of the molecule is OCCCCCCCCCCCCCC1CCC(c2ccccc2)C(F)C1F. The molecule has 1 fully saturated rings. The highest BCUT2D eigenvalue weighted by molar-refractivity contribution is 5.22. The maximum Gasteiger partial charge on any atom is 0.138 e. The lowest BCUT2D eigenvalue weighted by molar-refractivity contribution is 0.0447. The fourth-order valence-electron chi connectivity index (χ4n) is 4.66. The third kappa shape index (κ3) is 8.19. The van der Waals surface area contributed by atoms with Gasteiger partial charge in [0.05, 0.1) is 0 Å². The number of hydrogen-bond donors (Lipinski definition) is 1. The van der Waals surface area contributed by atoms with Gasteiger partial charge >= 0.3 is 0 Å². The third-order valence-electron chi connectivity index (χ3n) is 6.45. The van der Waals surface area contributed by atoms with Crippen molar-refractivity contribution in [3.8, 4) is 0 Å². The highest BCUT2D eigenvalue weighted by Crippen LogP contribution is 2.41. The molecule has 1 aromatic carbocycles. The van der Waals surface area contributed by atoms with E-state index in [0.717, 1.165) is 50.5 Å². The Balaban J connectivity index is 1.50. The molecule has 0 heterocycles. The second-order valence-corrected chi connectivity index (χ2v) is 8.64. The van der Waals surface area contributed by atoms with E-state index in [2.05, 4.69) is 0 Å². The lowest BCUT2D eigenvalue weighted by atomic mass is 9.74. The molecule has 0 aromatic heterocycles. The fraction of sp³-hybridized carbons (Fsp3) is 0.760. The van der Waals surface area contributed by atoms with Gasteiger partial charge in [-0.1, -0.05) is 94.5 Å². The average molecular weight is 395 g/mol. The number of halogens is 2. The number of aliphatic hydroxyl groups is 1. The second-order valence-electron chi connectivity index (χ2n) is 8.64. The normalized spacial score (nSPS) is 25.1. The van der Waals surface area contributed by atoms with Crippen LogP contribution in [0, 0.1) is 5.92 Å². The quantitative estimate of drug-likeness (QED) is 0.323. The molecule has 160 valence electrons. The van der Waals surface area contributed by atoms with Crippen LogP contribution in [-0.2, 0) is 0 Å². The molecule has 0 spiro atoms. The van der Waals surface area contributed by atoms with Gasteiger partial charge in [0.15, 0.2) is 0 Å². The minimum Gasteiger partial charge on any atom is -0.396 e. The van der Waals surface area contributed by atoms with Crippen LogP contribution < -0.4 is 0 Å². The van der Waals surface area contributed by atoms with Crippen LogP contribution in [0.4, 0.5) is 8.78 Å². The summed E-state index contributed by atoms with van der Waals surface area (Å²) in [5, 5.41) is 8.74. The van der Waals surface area contributed by atoms with Crippen LogP contribution in [0.25, 0.3) is 0 Å². The Bertz CT molecular complexity index is 493. The summed E-state index contributed by atoms with van der Waals surface area (Å²) in [4.78, 5) is 0. The van der Waals surface area contributed by atoms with Gasteiger partial charge in [0.25, 0.3) is 0 Å². The molecule has 0 amide bonds. The molecular weight excluding hydrogens is 354 g/mol. The van der Waals surface area contributed by atoms with Crippen molar-refractivity contribution in [2.45, 2.75) is 108 Å². The number of aliphatic hydroxyl groups excluding tert-OH is 1. The minimum atomic E-state index is -1.35. The van der Waals surface area contributed by atoms with Crippen LogP contribution in [0.15, 0.2) is 30.3 Å². The molecule has 4 atom stereocenters. The van der Waals surface area contributed by atoms with Gasteiger partial charge in [0, 0.05) is 12.5 Å². The monoisotopic (exact) mass is 394 g/mol. The van der Waals surface area contributed by atoms with Gasteiger partial charge in [0.2, 0.25) is 0 Å². The summed E-state index contributed by atoms with van der Waals surface area (Å²) in [5.41, 5.74) is 0.949. The van der Waals surface area contributed by atoms with E-state index in [1.165, 1.54) is 44.9 Å². The zero-order valence-electron chi connectivity index (χ0n) is 17.5. The highest BCUT2D eigenvalue weighted by atomic mass is 19.2. The molecule has 1 aliphatic rings. The molecule has 4 unspecified atom stereocenters. The minimum absolute atomic E-state index is 0.0890. The van der Waals surface area contributed by atoms with Gasteiger partial charge in [-0.05, 0) is 37.2 Å². The number of hydrogen-bond acceptors (Lipinski definition) is 1. The van der Waals surface area contributed by atoms with Crippen molar-refractivity contribution in [3.05, 3.63) is 35.9 Å². The van der Waals surface area contributed by atoms with Crippen molar-refractivity contribution < 1.29 is 13.9 Å². The largest absolute Gasteiger partial charge is 0.396 e.